The Bertz CT molecular complexity index is 563. The molecule has 0 atom stereocenters. The van der Waals surface area contributed by atoms with E-state index in [-0.39, 0.29) is 0 Å². The fourth-order valence-electron chi connectivity index (χ4n) is 2.40. The summed E-state index contributed by atoms with van der Waals surface area (Å²) in [4.78, 5) is 0. The fraction of sp³-hybridized carbons (Fsp3) is 0.250. The van der Waals surface area contributed by atoms with Crippen molar-refractivity contribution in [2.75, 3.05) is 11.9 Å². The van der Waals surface area contributed by atoms with Gasteiger partial charge in [0.1, 0.15) is 0 Å². The summed E-state index contributed by atoms with van der Waals surface area (Å²) in [5, 5.41) is 7.65. The maximum atomic E-state index is 5.88. The van der Waals surface area contributed by atoms with Crippen LogP contribution in [-0.4, -0.2) is 6.54 Å². The summed E-state index contributed by atoms with van der Waals surface area (Å²) in [6, 6.07) is 14.6. The van der Waals surface area contributed by atoms with Crippen LogP contribution in [0.4, 0.5) is 5.69 Å². The van der Waals surface area contributed by atoms with Gasteiger partial charge in [0.05, 0.1) is 0 Å². The summed E-state index contributed by atoms with van der Waals surface area (Å²) >= 11 is 5.88. The number of rotatable bonds is 3. The Morgan fingerprint density at radius 2 is 1.89 bits per heavy atom. The number of anilines is 1. The Morgan fingerprint density at radius 1 is 1.05 bits per heavy atom. The van der Waals surface area contributed by atoms with Crippen molar-refractivity contribution in [2.24, 2.45) is 0 Å². The van der Waals surface area contributed by atoms with E-state index in [2.05, 4.69) is 41.0 Å². The van der Waals surface area contributed by atoms with Crippen molar-refractivity contribution in [3.05, 3.63) is 64.2 Å². The third-order valence-electron chi connectivity index (χ3n) is 3.50. The zero-order valence-corrected chi connectivity index (χ0v) is 11.5. The Hall–Kier alpha value is -1.51. The second-order valence-electron chi connectivity index (χ2n) is 4.89. The van der Waals surface area contributed by atoms with Crippen LogP contribution < -0.4 is 10.6 Å². The molecule has 1 aliphatic rings. The molecule has 0 spiro atoms. The molecule has 19 heavy (non-hydrogen) atoms. The van der Waals surface area contributed by atoms with E-state index in [1.807, 2.05) is 12.1 Å². The molecule has 3 heteroatoms. The molecule has 1 aliphatic heterocycles. The Labute approximate surface area is 118 Å². The first kappa shape index (κ1) is 12.5. The first-order valence-electron chi connectivity index (χ1n) is 6.62. The first-order chi connectivity index (χ1) is 9.31. The average Bonchev–Trinajstić information content (AvgIpc) is 2.46. The molecule has 0 fully saturated rings. The number of benzene rings is 2. The predicted octanol–water partition coefficient (Wildman–Crippen LogP) is 3.60. The summed E-state index contributed by atoms with van der Waals surface area (Å²) in [6.45, 7) is 2.89. The summed E-state index contributed by atoms with van der Waals surface area (Å²) in [5.74, 6) is 0. The van der Waals surface area contributed by atoms with Gasteiger partial charge >= 0.3 is 0 Å². The zero-order chi connectivity index (χ0) is 13.1. The van der Waals surface area contributed by atoms with Crippen LogP contribution >= 0.6 is 11.6 Å². The molecule has 0 saturated heterocycles. The van der Waals surface area contributed by atoms with Crippen molar-refractivity contribution < 1.29 is 0 Å². The van der Waals surface area contributed by atoms with Crippen LogP contribution in [0.5, 0.6) is 0 Å². The normalized spacial score (nSPS) is 13.9. The highest BCUT2D eigenvalue weighted by molar-refractivity contribution is 6.30. The minimum atomic E-state index is 0.781. The summed E-state index contributed by atoms with van der Waals surface area (Å²) in [5.41, 5.74) is 5.29. The second kappa shape index (κ2) is 5.64. The van der Waals surface area contributed by atoms with E-state index >= 15 is 0 Å². The van der Waals surface area contributed by atoms with Crippen LogP contribution in [-0.2, 0) is 19.5 Å². The molecule has 0 amide bonds. The van der Waals surface area contributed by atoms with Gasteiger partial charge < -0.3 is 10.6 Å². The number of halogens is 1. The Balaban J connectivity index is 1.68. The number of fused-ring (bicyclic) bond motifs is 1. The van der Waals surface area contributed by atoms with Gasteiger partial charge in [0, 0.05) is 23.8 Å². The molecular weight excluding hydrogens is 256 g/mol. The second-order valence-corrected chi connectivity index (χ2v) is 5.33. The monoisotopic (exact) mass is 272 g/mol. The molecule has 2 nitrogen and oxygen atoms in total. The number of hydrogen-bond acceptors (Lipinski definition) is 2. The highest BCUT2D eigenvalue weighted by Gasteiger charge is 2.08. The van der Waals surface area contributed by atoms with Crippen LogP contribution in [0.25, 0.3) is 0 Å². The lowest BCUT2D eigenvalue weighted by Gasteiger charge is -2.18. The van der Waals surface area contributed by atoms with Gasteiger partial charge in [-0.3, -0.25) is 0 Å². The van der Waals surface area contributed by atoms with Crippen molar-refractivity contribution in [1.82, 2.24) is 5.32 Å². The SMILES string of the molecule is Clc1ccc(CNc2ccc3c(c2)CNCC3)cc1. The lowest BCUT2D eigenvalue weighted by Crippen LogP contribution is -2.23. The topological polar surface area (TPSA) is 24.1 Å². The molecule has 0 aliphatic carbocycles. The van der Waals surface area contributed by atoms with Crippen LogP contribution in [0.1, 0.15) is 16.7 Å². The van der Waals surface area contributed by atoms with E-state index in [1.165, 1.54) is 22.4 Å². The molecule has 0 bridgehead atoms. The largest absolute Gasteiger partial charge is 0.381 e. The maximum Gasteiger partial charge on any atom is 0.0406 e. The molecule has 0 radical (unpaired) electrons. The van der Waals surface area contributed by atoms with E-state index < -0.39 is 0 Å². The van der Waals surface area contributed by atoms with Crippen LogP contribution in [0.15, 0.2) is 42.5 Å². The van der Waals surface area contributed by atoms with Gasteiger partial charge in [-0.1, -0.05) is 29.8 Å². The number of hydrogen-bond donors (Lipinski definition) is 2. The van der Waals surface area contributed by atoms with Crippen LogP contribution in [0.3, 0.4) is 0 Å². The highest BCUT2D eigenvalue weighted by Crippen LogP contribution is 2.19. The molecule has 2 N–H and O–H groups in total. The molecule has 0 unspecified atom stereocenters. The van der Waals surface area contributed by atoms with Gasteiger partial charge in [0.25, 0.3) is 0 Å². The first-order valence-corrected chi connectivity index (χ1v) is 7.00. The third kappa shape index (κ3) is 3.09. The van der Waals surface area contributed by atoms with E-state index in [1.54, 1.807) is 0 Å². The maximum absolute atomic E-state index is 5.88. The molecule has 2 aromatic carbocycles. The smallest absolute Gasteiger partial charge is 0.0406 e. The van der Waals surface area contributed by atoms with Gasteiger partial charge in [-0.2, -0.15) is 0 Å². The third-order valence-corrected chi connectivity index (χ3v) is 3.75. The van der Waals surface area contributed by atoms with Gasteiger partial charge in [0.15, 0.2) is 0 Å². The molecule has 0 aromatic heterocycles. The van der Waals surface area contributed by atoms with Gasteiger partial charge in [-0.15, -0.1) is 0 Å². The number of nitrogens with one attached hydrogen (secondary N) is 2. The summed E-state index contributed by atoms with van der Waals surface area (Å²) in [6.07, 6.45) is 1.13. The van der Waals surface area contributed by atoms with E-state index in [9.17, 15) is 0 Å². The van der Waals surface area contributed by atoms with Crippen molar-refractivity contribution in [2.45, 2.75) is 19.5 Å². The summed E-state index contributed by atoms with van der Waals surface area (Å²) in [7, 11) is 0. The lowest BCUT2D eigenvalue weighted by molar-refractivity contribution is 0.644. The molecule has 98 valence electrons. The Kier molecular flexibility index (Phi) is 3.72. The van der Waals surface area contributed by atoms with Crippen molar-refractivity contribution in [3.63, 3.8) is 0 Å². The quantitative estimate of drug-likeness (QED) is 0.892. The highest BCUT2D eigenvalue weighted by atomic mass is 35.5. The minimum absolute atomic E-state index is 0.781. The lowest BCUT2D eigenvalue weighted by atomic mass is 10.0. The van der Waals surface area contributed by atoms with Crippen LogP contribution in [0, 0.1) is 0 Å². The van der Waals surface area contributed by atoms with Crippen molar-refractivity contribution in [1.29, 1.82) is 0 Å². The van der Waals surface area contributed by atoms with E-state index in [0.29, 0.717) is 0 Å². The van der Waals surface area contributed by atoms with Crippen LogP contribution in [0.2, 0.25) is 5.02 Å². The van der Waals surface area contributed by atoms with E-state index in [4.69, 9.17) is 11.6 Å². The predicted molar refractivity (Wildman–Crippen MR) is 80.6 cm³/mol. The molecule has 3 rings (SSSR count). The van der Waals surface area contributed by atoms with Gasteiger partial charge in [-0.25, -0.2) is 0 Å². The average molecular weight is 273 g/mol. The minimum Gasteiger partial charge on any atom is -0.381 e. The van der Waals surface area contributed by atoms with Crippen molar-refractivity contribution >= 4 is 17.3 Å². The molecule has 1 heterocycles. The summed E-state index contributed by atoms with van der Waals surface area (Å²) < 4.78 is 0. The molecule has 0 saturated carbocycles. The van der Waals surface area contributed by atoms with Gasteiger partial charge in [-0.05, 0) is 53.9 Å². The van der Waals surface area contributed by atoms with Gasteiger partial charge in [0.2, 0.25) is 0 Å². The van der Waals surface area contributed by atoms with Crippen molar-refractivity contribution in [3.8, 4) is 0 Å². The fourth-order valence-corrected chi connectivity index (χ4v) is 2.52. The standard InChI is InChI=1S/C16H17ClN2/c17-15-4-1-12(2-5-15)10-19-16-6-3-13-7-8-18-11-14(13)9-16/h1-6,9,18-19H,7-8,10-11H2. The van der Waals surface area contributed by atoms with E-state index in [0.717, 1.165) is 31.1 Å². The zero-order valence-electron chi connectivity index (χ0n) is 10.7. The molecular formula is C16H17ClN2. The Morgan fingerprint density at radius 3 is 2.74 bits per heavy atom. The molecule has 2 aromatic rings.